The molecule has 0 saturated carbocycles. The Bertz CT molecular complexity index is 385. The van der Waals surface area contributed by atoms with Crippen molar-refractivity contribution in [3.8, 4) is 0 Å². The topological polar surface area (TPSA) is 41.1 Å². The second-order valence-electron chi connectivity index (χ2n) is 4.69. The summed E-state index contributed by atoms with van der Waals surface area (Å²) in [4.78, 5) is 11.8. The van der Waals surface area contributed by atoms with E-state index in [-0.39, 0.29) is 5.91 Å². The molecule has 1 fully saturated rings. The van der Waals surface area contributed by atoms with Crippen LogP contribution in [0.3, 0.4) is 0 Å². The van der Waals surface area contributed by atoms with E-state index >= 15 is 0 Å². The third-order valence-electron chi connectivity index (χ3n) is 3.04. The van der Waals surface area contributed by atoms with Crippen LogP contribution in [-0.4, -0.2) is 30.0 Å². The van der Waals surface area contributed by atoms with Crippen molar-refractivity contribution in [2.24, 2.45) is 0 Å². The van der Waals surface area contributed by atoms with Crippen LogP contribution in [0.25, 0.3) is 0 Å². The van der Waals surface area contributed by atoms with E-state index in [2.05, 4.69) is 41.8 Å². The van der Waals surface area contributed by atoms with E-state index in [1.807, 2.05) is 11.8 Å². The molecule has 1 unspecified atom stereocenters. The van der Waals surface area contributed by atoms with Crippen LogP contribution in [0, 0.1) is 6.92 Å². The number of carbonyl (C=O) groups excluding carboxylic acids is 1. The maximum atomic E-state index is 11.8. The van der Waals surface area contributed by atoms with E-state index in [4.69, 9.17) is 0 Å². The summed E-state index contributed by atoms with van der Waals surface area (Å²) in [6.45, 7) is 3.70. The monoisotopic (exact) mass is 264 g/mol. The molecular formula is C14H20N2OS. The Morgan fingerprint density at radius 2 is 2.22 bits per heavy atom. The van der Waals surface area contributed by atoms with Gasteiger partial charge in [0.1, 0.15) is 0 Å². The van der Waals surface area contributed by atoms with E-state index in [0.717, 1.165) is 23.6 Å². The maximum absolute atomic E-state index is 11.8. The van der Waals surface area contributed by atoms with E-state index in [1.165, 1.54) is 5.56 Å². The molecule has 1 aromatic carbocycles. The highest BCUT2D eigenvalue weighted by Crippen LogP contribution is 2.10. The number of carbonyl (C=O) groups is 1. The molecule has 0 spiro atoms. The van der Waals surface area contributed by atoms with Gasteiger partial charge in [0.2, 0.25) is 5.91 Å². The zero-order chi connectivity index (χ0) is 12.8. The molecule has 0 bridgehead atoms. The van der Waals surface area contributed by atoms with Crippen LogP contribution in [0.1, 0.15) is 17.5 Å². The average Bonchev–Trinajstić information content (AvgIpc) is 2.39. The fraction of sp³-hybridized carbons (Fsp3) is 0.500. The highest BCUT2D eigenvalue weighted by Gasteiger charge is 2.16. The fourth-order valence-electron chi connectivity index (χ4n) is 1.95. The van der Waals surface area contributed by atoms with Gasteiger partial charge in [-0.2, -0.15) is 11.8 Å². The predicted octanol–water partition coefficient (Wildman–Crippen LogP) is 1.71. The summed E-state index contributed by atoms with van der Waals surface area (Å²) in [5.74, 6) is 2.33. The number of thioether (sulfide) groups is 1. The minimum atomic E-state index is 0.135. The molecule has 2 N–H and O–H groups in total. The van der Waals surface area contributed by atoms with Gasteiger partial charge in [0.15, 0.2) is 0 Å². The molecule has 4 heteroatoms. The van der Waals surface area contributed by atoms with Crippen LogP contribution >= 0.6 is 11.8 Å². The Morgan fingerprint density at radius 3 is 2.89 bits per heavy atom. The highest BCUT2D eigenvalue weighted by atomic mass is 32.2. The normalized spacial score (nSPS) is 19.5. The smallest absolute Gasteiger partial charge is 0.221 e. The molecule has 0 aliphatic carbocycles. The fourth-order valence-corrected chi connectivity index (χ4v) is 2.90. The standard InChI is InChI=1S/C14H20N2OS/c1-11-2-4-12(5-3-11)9-16-14(17)8-13-10-18-7-6-15-13/h2-5,13,15H,6-10H2,1H3,(H,16,17). The lowest BCUT2D eigenvalue weighted by atomic mass is 10.1. The van der Waals surface area contributed by atoms with E-state index < -0.39 is 0 Å². The van der Waals surface area contributed by atoms with Gasteiger partial charge in [0, 0.05) is 37.1 Å². The third kappa shape index (κ3) is 4.35. The van der Waals surface area contributed by atoms with Gasteiger partial charge in [-0.25, -0.2) is 0 Å². The molecule has 1 saturated heterocycles. The lowest BCUT2D eigenvalue weighted by Gasteiger charge is -2.22. The third-order valence-corrected chi connectivity index (χ3v) is 4.17. The maximum Gasteiger partial charge on any atom is 0.221 e. The first kappa shape index (κ1) is 13.4. The number of benzene rings is 1. The Balaban J connectivity index is 1.72. The van der Waals surface area contributed by atoms with Gasteiger partial charge in [0.05, 0.1) is 0 Å². The van der Waals surface area contributed by atoms with Crippen molar-refractivity contribution in [3.63, 3.8) is 0 Å². The van der Waals surface area contributed by atoms with E-state index in [1.54, 1.807) is 0 Å². The van der Waals surface area contributed by atoms with Crippen molar-refractivity contribution < 1.29 is 4.79 Å². The number of amides is 1. The first-order valence-corrected chi connectivity index (χ1v) is 7.53. The van der Waals surface area contributed by atoms with Gasteiger partial charge < -0.3 is 10.6 Å². The summed E-state index contributed by atoms with van der Waals surface area (Å²) in [6, 6.07) is 8.60. The van der Waals surface area contributed by atoms with Crippen LogP contribution in [0.4, 0.5) is 0 Å². The van der Waals surface area contributed by atoms with Gasteiger partial charge in [-0.1, -0.05) is 29.8 Å². The first-order valence-electron chi connectivity index (χ1n) is 6.37. The molecule has 1 atom stereocenters. The molecule has 18 heavy (non-hydrogen) atoms. The first-order chi connectivity index (χ1) is 8.74. The van der Waals surface area contributed by atoms with Crippen LogP contribution < -0.4 is 10.6 Å². The Hall–Kier alpha value is -1.00. The summed E-state index contributed by atoms with van der Waals surface area (Å²) in [5.41, 5.74) is 2.40. The molecule has 98 valence electrons. The summed E-state index contributed by atoms with van der Waals surface area (Å²) in [6.07, 6.45) is 0.582. The van der Waals surface area contributed by atoms with Crippen molar-refractivity contribution in [1.29, 1.82) is 0 Å². The van der Waals surface area contributed by atoms with Crippen LogP contribution in [0.5, 0.6) is 0 Å². The molecule has 1 heterocycles. The zero-order valence-electron chi connectivity index (χ0n) is 10.7. The predicted molar refractivity (Wildman–Crippen MR) is 76.8 cm³/mol. The molecule has 1 amide bonds. The lowest BCUT2D eigenvalue weighted by Crippen LogP contribution is -2.41. The quantitative estimate of drug-likeness (QED) is 0.870. The number of nitrogens with one attached hydrogen (secondary N) is 2. The molecule has 0 aromatic heterocycles. The van der Waals surface area contributed by atoms with Gasteiger partial charge in [-0.05, 0) is 12.5 Å². The number of rotatable bonds is 4. The minimum absolute atomic E-state index is 0.135. The van der Waals surface area contributed by atoms with Gasteiger partial charge in [-0.3, -0.25) is 4.79 Å². The van der Waals surface area contributed by atoms with E-state index in [9.17, 15) is 4.79 Å². The second-order valence-corrected chi connectivity index (χ2v) is 5.84. The molecule has 1 aromatic rings. The van der Waals surface area contributed by atoms with Crippen molar-refractivity contribution >= 4 is 17.7 Å². The summed E-state index contributed by atoms with van der Waals surface area (Å²) in [7, 11) is 0. The largest absolute Gasteiger partial charge is 0.352 e. The molecule has 1 aliphatic rings. The Labute approximate surface area is 113 Å². The second kappa shape index (κ2) is 6.81. The summed E-state index contributed by atoms with van der Waals surface area (Å²) in [5, 5.41) is 6.35. The van der Waals surface area contributed by atoms with Gasteiger partial charge >= 0.3 is 0 Å². The minimum Gasteiger partial charge on any atom is -0.352 e. The lowest BCUT2D eigenvalue weighted by molar-refractivity contribution is -0.121. The zero-order valence-corrected chi connectivity index (χ0v) is 11.6. The number of aryl methyl sites for hydroxylation is 1. The summed E-state index contributed by atoms with van der Waals surface area (Å²) >= 11 is 1.92. The van der Waals surface area contributed by atoms with Crippen molar-refractivity contribution in [2.75, 3.05) is 18.1 Å². The SMILES string of the molecule is Cc1ccc(CNC(=O)CC2CSCCN2)cc1. The van der Waals surface area contributed by atoms with Gasteiger partial charge in [0.25, 0.3) is 0 Å². The van der Waals surface area contributed by atoms with Gasteiger partial charge in [-0.15, -0.1) is 0 Å². The highest BCUT2D eigenvalue weighted by molar-refractivity contribution is 7.99. The van der Waals surface area contributed by atoms with Crippen molar-refractivity contribution in [2.45, 2.75) is 25.9 Å². The molecular weight excluding hydrogens is 244 g/mol. The van der Waals surface area contributed by atoms with Crippen LogP contribution in [0.2, 0.25) is 0 Å². The van der Waals surface area contributed by atoms with E-state index in [0.29, 0.717) is 19.0 Å². The number of hydrogen-bond donors (Lipinski definition) is 2. The molecule has 1 aliphatic heterocycles. The summed E-state index contributed by atoms with van der Waals surface area (Å²) < 4.78 is 0. The van der Waals surface area contributed by atoms with Crippen molar-refractivity contribution in [1.82, 2.24) is 10.6 Å². The number of hydrogen-bond acceptors (Lipinski definition) is 3. The average molecular weight is 264 g/mol. The van der Waals surface area contributed by atoms with Crippen molar-refractivity contribution in [3.05, 3.63) is 35.4 Å². The van der Waals surface area contributed by atoms with Crippen LogP contribution in [-0.2, 0) is 11.3 Å². The molecule has 0 radical (unpaired) electrons. The molecule has 2 rings (SSSR count). The molecule has 3 nitrogen and oxygen atoms in total. The Kier molecular flexibility index (Phi) is 5.08. The Morgan fingerprint density at radius 1 is 1.44 bits per heavy atom. The van der Waals surface area contributed by atoms with Crippen LogP contribution in [0.15, 0.2) is 24.3 Å².